The van der Waals surface area contributed by atoms with Crippen molar-refractivity contribution in [2.75, 3.05) is 27.4 Å². The number of aliphatic hydroxyl groups excluding tert-OH is 1. The summed E-state index contributed by atoms with van der Waals surface area (Å²) in [5.74, 6) is -3.37. The molecule has 13 nitrogen and oxygen atoms in total. The minimum absolute atomic E-state index is 0.0112. The molecule has 1 aliphatic heterocycles. The third-order valence-electron chi connectivity index (χ3n) is 7.50. The number of fused-ring (bicyclic) bond motifs is 2. The van der Waals surface area contributed by atoms with Gasteiger partial charge in [0.25, 0.3) is 5.91 Å². The van der Waals surface area contributed by atoms with Gasteiger partial charge in [-0.15, -0.1) is 0 Å². The fourth-order valence-corrected chi connectivity index (χ4v) is 5.09. The van der Waals surface area contributed by atoms with Crippen LogP contribution in [0.2, 0.25) is 0 Å². The number of amides is 3. The van der Waals surface area contributed by atoms with Crippen LogP contribution < -0.4 is 16.4 Å². The number of hydrogen-bond donors (Lipinski definition) is 4. The molecule has 248 valence electrons. The van der Waals surface area contributed by atoms with E-state index in [0.29, 0.717) is 5.57 Å². The Morgan fingerprint density at radius 2 is 1.82 bits per heavy atom. The van der Waals surface area contributed by atoms with Gasteiger partial charge in [-0.1, -0.05) is 38.2 Å². The summed E-state index contributed by atoms with van der Waals surface area (Å²) in [5.41, 5.74) is 5.66. The summed E-state index contributed by atoms with van der Waals surface area (Å²) < 4.78 is 21.7. The molecular weight excluding hydrogens is 586 g/mol. The highest BCUT2D eigenvalue weighted by molar-refractivity contribution is 6.24. The van der Waals surface area contributed by atoms with Crippen molar-refractivity contribution in [2.45, 2.75) is 71.9 Å². The van der Waals surface area contributed by atoms with Crippen LogP contribution in [0, 0.1) is 11.8 Å². The maximum atomic E-state index is 13.7. The fourth-order valence-electron chi connectivity index (χ4n) is 5.09. The van der Waals surface area contributed by atoms with Gasteiger partial charge in [-0.25, -0.2) is 4.79 Å². The van der Waals surface area contributed by atoms with Crippen molar-refractivity contribution in [1.82, 2.24) is 10.6 Å². The highest BCUT2D eigenvalue weighted by atomic mass is 16.6. The molecule has 2 rings (SSSR count). The molecule has 5 N–H and O–H groups in total. The Balaban J connectivity index is 2.62. The smallest absolute Gasteiger partial charge is 0.405 e. The number of primary amides is 1. The summed E-state index contributed by atoms with van der Waals surface area (Å²) >= 11 is 0. The van der Waals surface area contributed by atoms with E-state index in [9.17, 15) is 29.1 Å². The standard InChI is InChI=1S/C32H45N3O10/c1-8-44-16-26(37)35-27-21-12-17(2)13-25(43-7)28(38)19(4)14-20(5)30(45-32(33)41)24(42-6)11-9-10-18(3)31(40)34-22(29(21)39)15-23(27)36/h9-11,14-15,17,19,24-25,28,30,38H,8,12-13,16H2,1-7H3,(H2,33,41)(H,34,40)(H,35,37)/b11-9+,18-10-,20-14+/t17-,19+,24+,25+,28-,30+/m1/s1. The van der Waals surface area contributed by atoms with Gasteiger partial charge < -0.3 is 40.4 Å². The Morgan fingerprint density at radius 1 is 1.13 bits per heavy atom. The summed E-state index contributed by atoms with van der Waals surface area (Å²) in [7, 11) is 2.86. The van der Waals surface area contributed by atoms with Gasteiger partial charge in [0.1, 0.15) is 12.7 Å². The molecule has 2 bridgehead atoms. The first-order valence-electron chi connectivity index (χ1n) is 14.7. The van der Waals surface area contributed by atoms with E-state index in [1.807, 2.05) is 6.92 Å². The zero-order valence-electron chi connectivity index (χ0n) is 26.9. The molecular formula is C32H45N3O10. The largest absolute Gasteiger partial charge is 0.439 e. The quantitative estimate of drug-likeness (QED) is 0.238. The Kier molecular flexibility index (Phi) is 14.5. The lowest BCUT2D eigenvalue weighted by Gasteiger charge is -2.30. The first-order valence-corrected chi connectivity index (χ1v) is 14.7. The summed E-state index contributed by atoms with van der Waals surface area (Å²) in [4.78, 5) is 64.1. The van der Waals surface area contributed by atoms with E-state index in [4.69, 9.17) is 24.7 Å². The SMILES string of the molecule is CCOCC(=O)NC1=C2C[C@@H](C)C[C@H](OC)[C@H](O)[C@@H](C)/C=C(\C)[C@H](OC(N)=O)[C@@H](OC)/C=C/C=C(/C)C(=O)NC(=CC1=O)C2=O. The van der Waals surface area contributed by atoms with Crippen LogP contribution in [0.25, 0.3) is 0 Å². The van der Waals surface area contributed by atoms with E-state index in [1.165, 1.54) is 33.3 Å². The number of carbonyl (C=O) groups excluding carboxylic acids is 5. The molecule has 1 heterocycles. The van der Waals surface area contributed by atoms with E-state index < -0.39 is 59.8 Å². The van der Waals surface area contributed by atoms with Crippen molar-refractivity contribution in [3.63, 3.8) is 0 Å². The van der Waals surface area contributed by atoms with Crippen molar-refractivity contribution >= 4 is 29.5 Å². The molecule has 0 aromatic heterocycles. The van der Waals surface area contributed by atoms with Crippen molar-refractivity contribution in [1.29, 1.82) is 0 Å². The number of carbonyl (C=O) groups is 5. The van der Waals surface area contributed by atoms with E-state index in [0.717, 1.165) is 6.08 Å². The first kappa shape index (κ1) is 37.3. The summed E-state index contributed by atoms with van der Waals surface area (Å²) in [6.45, 7) is 8.48. The number of methoxy groups -OCH3 is 2. The minimum atomic E-state index is -1.02. The molecule has 0 saturated carbocycles. The molecule has 0 spiro atoms. The Labute approximate surface area is 263 Å². The average Bonchev–Trinajstić information content (AvgIpc) is 2.98. The molecule has 13 heteroatoms. The molecule has 0 aromatic rings. The van der Waals surface area contributed by atoms with Crippen LogP contribution in [0.3, 0.4) is 0 Å². The number of ketones is 2. The predicted molar refractivity (Wildman–Crippen MR) is 164 cm³/mol. The summed E-state index contributed by atoms with van der Waals surface area (Å²) in [6, 6.07) is 0. The second-order valence-electron chi connectivity index (χ2n) is 11.1. The fraction of sp³-hybridized carbons (Fsp3) is 0.531. The molecule has 45 heavy (non-hydrogen) atoms. The van der Waals surface area contributed by atoms with Crippen LogP contribution in [-0.2, 0) is 38.1 Å². The van der Waals surface area contributed by atoms with Gasteiger partial charge in [0.05, 0.1) is 23.6 Å². The maximum absolute atomic E-state index is 13.7. The lowest BCUT2D eigenvalue weighted by molar-refractivity contribution is -0.126. The number of aliphatic hydroxyl groups is 1. The van der Waals surface area contributed by atoms with Gasteiger partial charge in [0, 0.05) is 44.0 Å². The van der Waals surface area contributed by atoms with Gasteiger partial charge in [0.2, 0.25) is 17.5 Å². The summed E-state index contributed by atoms with van der Waals surface area (Å²) in [5, 5.41) is 16.3. The molecule has 0 unspecified atom stereocenters. The van der Waals surface area contributed by atoms with E-state index >= 15 is 0 Å². The van der Waals surface area contributed by atoms with Crippen LogP contribution in [-0.4, -0.2) is 86.4 Å². The van der Waals surface area contributed by atoms with Gasteiger partial charge in [-0.2, -0.15) is 0 Å². The predicted octanol–water partition coefficient (Wildman–Crippen LogP) is 1.91. The number of hydrogen-bond acceptors (Lipinski definition) is 10. The summed E-state index contributed by atoms with van der Waals surface area (Å²) in [6.07, 6.45) is 3.02. The normalized spacial score (nSPS) is 30.3. The van der Waals surface area contributed by atoms with Gasteiger partial charge in [-0.05, 0) is 45.1 Å². The van der Waals surface area contributed by atoms with Crippen molar-refractivity contribution in [2.24, 2.45) is 17.6 Å². The number of allylic oxidation sites excluding steroid dienone is 4. The number of nitrogens with two attached hydrogens (primary N) is 1. The van der Waals surface area contributed by atoms with Gasteiger partial charge >= 0.3 is 6.09 Å². The molecule has 0 radical (unpaired) electrons. The second-order valence-corrected chi connectivity index (χ2v) is 11.1. The molecule has 0 saturated heterocycles. The Bertz CT molecular complexity index is 1300. The monoisotopic (exact) mass is 631 g/mol. The van der Waals surface area contributed by atoms with Crippen LogP contribution in [0.5, 0.6) is 0 Å². The van der Waals surface area contributed by atoms with Crippen LogP contribution in [0.1, 0.15) is 47.5 Å². The zero-order valence-corrected chi connectivity index (χ0v) is 26.9. The lowest BCUT2D eigenvalue weighted by atomic mass is 9.85. The van der Waals surface area contributed by atoms with Crippen LogP contribution in [0.4, 0.5) is 4.79 Å². The van der Waals surface area contributed by atoms with E-state index in [-0.39, 0.29) is 54.5 Å². The van der Waals surface area contributed by atoms with Crippen molar-refractivity contribution < 1.29 is 48.0 Å². The number of ether oxygens (including phenoxy) is 4. The van der Waals surface area contributed by atoms with Crippen LogP contribution >= 0.6 is 0 Å². The molecule has 3 amide bonds. The second kappa shape index (κ2) is 17.5. The molecule has 0 aromatic carbocycles. The Morgan fingerprint density at radius 3 is 2.42 bits per heavy atom. The van der Waals surface area contributed by atoms with Crippen LogP contribution in [0.15, 0.2) is 58.5 Å². The number of rotatable bonds is 7. The third-order valence-corrected chi connectivity index (χ3v) is 7.50. The lowest BCUT2D eigenvalue weighted by Crippen LogP contribution is -2.39. The van der Waals surface area contributed by atoms with E-state index in [1.54, 1.807) is 32.9 Å². The molecule has 6 atom stereocenters. The zero-order chi connectivity index (χ0) is 33.8. The van der Waals surface area contributed by atoms with Crippen molar-refractivity contribution in [3.8, 4) is 0 Å². The third kappa shape index (κ3) is 10.6. The average molecular weight is 632 g/mol. The first-order chi connectivity index (χ1) is 21.2. The molecule has 2 aliphatic rings. The highest BCUT2D eigenvalue weighted by Crippen LogP contribution is 2.29. The van der Waals surface area contributed by atoms with Gasteiger partial charge in [0.15, 0.2) is 6.10 Å². The highest BCUT2D eigenvalue weighted by Gasteiger charge is 2.34. The maximum Gasteiger partial charge on any atom is 0.405 e. The topological polar surface area (TPSA) is 193 Å². The minimum Gasteiger partial charge on any atom is -0.439 e. The van der Waals surface area contributed by atoms with E-state index in [2.05, 4.69) is 10.6 Å². The number of Topliss-reactive ketones (excluding diaryl/α,β-unsaturated/α-hetero) is 1. The van der Waals surface area contributed by atoms with Gasteiger partial charge in [-0.3, -0.25) is 19.2 Å². The van der Waals surface area contributed by atoms with Crippen molar-refractivity contribution in [3.05, 3.63) is 58.5 Å². The number of nitrogens with one attached hydrogen (secondary N) is 2. The molecule has 0 fully saturated rings. The Hall–Kier alpha value is -3.91. The molecule has 1 aliphatic carbocycles.